The largest absolute Gasteiger partial charge is 0.253 e. The fourth-order valence-electron chi connectivity index (χ4n) is 2.45. The maximum atomic E-state index is 13.0. The molecule has 0 radical (unpaired) electrons. The van der Waals surface area contributed by atoms with Crippen LogP contribution in [0.2, 0.25) is 0 Å². The Morgan fingerprint density at radius 3 is 2.27 bits per heavy atom. The van der Waals surface area contributed by atoms with Crippen LogP contribution >= 0.6 is 0 Å². The molecule has 0 fully saturated rings. The molecule has 0 amide bonds. The Kier molecular flexibility index (Phi) is 3.66. The van der Waals surface area contributed by atoms with Crippen LogP contribution in [0.5, 0.6) is 0 Å². The smallest absolute Gasteiger partial charge is 0.175 e. The molecule has 112 valence electrons. The zero-order valence-electron chi connectivity index (χ0n) is 12.0. The van der Waals surface area contributed by atoms with Crippen LogP contribution in [0.15, 0.2) is 59.6 Å². The molecule has 1 aromatic carbocycles. The fraction of sp³-hybridized carbons (Fsp3) is 0.118. The van der Waals surface area contributed by atoms with Gasteiger partial charge in [0.1, 0.15) is 5.82 Å². The average molecular weight is 315 g/mol. The minimum Gasteiger partial charge on any atom is -0.253 e. The highest BCUT2D eigenvalue weighted by Crippen LogP contribution is 2.35. The first kappa shape index (κ1) is 14.7. The summed E-state index contributed by atoms with van der Waals surface area (Å²) in [6.07, 6.45) is 7.23. The van der Waals surface area contributed by atoms with Crippen LogP contribution in [0.25, 0.3) is 11.1 Å². The van der Waals surface area contributed by atoms with E-state index in [0.29, 0.717) is 10.6 Å². The van der Waals surface area contributed by atoms with Crippen LogP contribution in [0.4, 0.5) is 4.39 Å². The minimum absolute atomic E-state index is 0.292. The molecule has 0 aliphatic heterocycles. The van der Waals surface area contributed by atoms with Crippen molar-refractivity contribution in [3.05, 3.63) is 71.8 Å². The van der Waals surface area contributed by atoms with E-state index in [0.717, 1.165) is 23.1 Å². The molecule has 0 unspecified atom stereocenters. The normalized spacial score (nSPS) is 14.6. The summed E-state index contributed by atoms with van der Waals surface area (Å²) in [5.41, 5.74) is 3.55. The predicted molar refractivity (Wildman–Crippen MR) is 84.3 cm³/mol. The molecule has 0 N–H and O–H groups in total. The van der Waals surface area contributed by atoms with E-state index in [1.54, 1.807) is 30.3 Å². The van der Waals surface area contributed by atoms with E-state index in [2.05, 4.69) is 11.1 Å². The molecule has 3 nitrogen and oxygen atoms in total. The SMILES string of the molecule is CS(=O)(=O)c1ccc(C2=CCC=C2c2ccc(F)cn2)cc1. The van der Waals surface area contributed by atoms with Gasteiger partial charge in [0.25, 0.3) is 0 Å². The molecule has 1 heterocycles. The summed E-state index contributed by atoms with van der Waals surface area (Å²) >= 11 is 0. The second-order valence-corrected chi connectivity index (χ2v) is 7.15. The second kappa shape index (κ2) is 5.50. The van der Waals surface area contributed by atoms with Crippen LogP contribution in [0.3, 0.4) is 0 Å². The van der Waals surface area contributed by atoms with Crippen molar-refractivity contribution < 1.29 is 12.8 Å². The summed E-state index contributed by atoms with van der Waals surface area (Å²) < 4.78 is 36.0. The molecule has 2 aromatic rings. The molecule has 0 bridgehead atoms. The van der Waals surface area contributed by atoms with Gasteiger partial charge in [0.2, 0.25) is 0 Å². The molecule has 22 heavy (non-hydrogen) atoms. The van der Waals surface area contributed by atoms with Gasteiger partial charge in [-0.05, 0) is 41.8 Å². The van der Waals surface area contributed by atoms with Crippen LogP contribution in [-0.2, 0) is 9.84 Å². The molecule has 0 saturated heterocycles. The number of sulfone groups is 1. The monoisotopic (exact) mass is 315 g/mol. The first-order valence-corrected chi connectivity index (χ1v) is 8.67. The lowest BCUT2D eigenvalue weighted by atomic mass is 9.98. The van der Waals surface area contributed by atoms with E-state index >= 15 is 0 Å². The van der Waals surface area contributed by atoms with Crippen LogP contribution in [-0.4, -0.2) is 19.7 Å². The number of halogens is 1. The standard InChI is InChI=1S/C17H14FNO2S/c1-22(20,21)14-8-5-12(6-9-14)15-3-2-4-16(15)17-10-7-13(18)11-19-17/h3-11H,2H2,1H3. The van der Waals surface area contributed by atoms with Crippen molar-refractivity contribution in [2.75, 3.05) is 6.26 Å². The lowest BCUT2D eigenvalue weighted by Crippen LogP contribution is -1.97. The molecule has 0 spiro atoms. The van der Waals surface area contributed by atoms with Crippen molar-refractivity contribution in [1.29, 1.82) is 0 Å². The third-order valence-corrected chi connectivity index (χ3v) is 4.66. The predicted octanol–water partition coefficient (Wildman–Crippen LogP) is 3.49. The molecule has 3 rings (SSSR count). The molecule has 1 aromatic heterocycles. The van der Waals surface area contributed by atoms with Crippen molar-refractivity contribution in [2.24, 2.45) is 0 Å². The highest BCUT2D eigenvalue weighted by atomic mass is 32.2. The maximum absolute atomic E-state index is 13.0. The highest BCUT2D eigenvalue weighted by molar-refractivity contribution is 7.90. The highest BCUT2D eigenvalue weighted by Gasteiger charge is 2.16. The van der Waals surface area contributed by atoms with E-state index in [1.165, 1.54) is 18.5 Å². The van der Waals surface area contributed by atoms with Gasteiger partial charge < -0.3 is 0 Å². The maximum Gasteiger partial charge on any atom is 0.175 e. The number of pyridine rings is 1. The van der Waals surface area contributed by atoms with Gasteiger partial charge in [0.05, 0.1) is 16.8 Å². The lowest BCUT2D eigenvalue weighted by Gasteiger charge is -2.09. The van der Waals surface area contributed by atoms with Gasteiger partial charge in [0, 0.05) is 11.8 Å². The Balaban J connectivity index is 1.95. The Labute approximate surface area is 128 Å². The Hall–Kier alpha value is -2.27. The van der Waals surface area contributed by atoms with Crippen molar-refractivity contribution in [1.82, 2.24) is 4.98 Å². The number of hydrogen-bond acceptors (Lipinski definition) is 3. The van der Waals surface area contributed by atoms with E-state index in [4.69, 9.17) is 0 Å². The number of benzene rings is 1. The van der Waals surface area contributed by atoms with Crippen molar-refractivity contribution >= 4 is 21.0 Å². The number of hydrogen-bond donors (Lipinski definition) is 0. The summed E-state index contributed by atoms with van der Waals surface area (Å²) in [6, 6.07) is 9.78. The van der Waals surface area contributed by atoms with Gasteiger partial charge in [-0.2, -0.15) is 0 Å². The summed E-state index contributed by atoms with van der Waals surface area (Å²) in [5.74, 6) is -0.370. The van der Waals surface area contributed by atoms with Gasteiger partial charge in [-0.3, -0.25) is 4.98 Å². The first-order valence-electron chi connectivity index (χ1n) is 6.78. The summed E-state index contributed by atoms with van der Waals surface area (Å²) in [6.45, 7) is 0. The second-order valence-electron chi connectivity index (χ2n) is 5.13. The van der Waals surface area contributed by atoms with Gasteiger partial charge in [-0.15, -0.1) is 0 Å². The minimum atomic E-state index is -3.20. The molecule has 5 heteroatoms. The molecular weight excluding hydrogens is 301 g/mol. The Morgan fingerprint density at radius 2 is 1.68 bits per heavy atom. The zero-order chi connectivity index (χ0) is 15.7. The van der Waals surface area contributed by atoms with Gasteiger partial charge in [0.15, 0.2) is 9.84 Å². The van der Waals surface area contributed by atoms with Crippen molar-refractivity contribution in [3.8, 4) is 0 Å². The van der Waals surface area contributed by atoms with Crippen LogP contribution < -0.4 is 0 Å². The lowest BCUT2D eigenvalue weighted by molar-refractivity contribution is 0.602. The van der Waals surface area contributed by atoms with Crippen molar-refractivity contribution in [2.45, 2.75) is 11.3 Å². The van der Waals surface area contributed by atoms with E-state index in [1.807, 2.05) is 6.08 Å². The Bertz CT molecular complexity index is 864. The van der Waals surface area contributed by atoms with Gasteiger partial charge >= 0.3 is 0 Å². The fourth-order valence-corrected chi connectivity index (χ4v) is 3.08. The summed E-state index contributed by atoms with van der Waals surface area (Å²) in [5, 5.41) is 0. The van der Waals surface area contributed by atoms with E-state index < -0.39 is 9.84 Å². The third kappa shape index (κ3) is 2.85. The number of rotatable bonds is 3. The Morgan fingerprint density at radius 1 is 1.00 bits per heavy atom. The average Bonchev–Trinajstić information content (AvgIpc) is 2.97. The number of nitrogens with zero attached hydrogens (tertiary/aromatic N) is 1. The summed E-state index contributed by atoms with van der Waals surface area (Å²) in [4.78, 5) is 4.40. The number of aromatic nitrogens is 1. The molecule has 0 atom stereocenters. The first-order chi connectivity index (χ1) is 10.4. The molecule has 0 saturated carbocycles. The summed E-state index contributed by atoms with van der Waals surface area (Å²) in [7, 11) is -3.20. The third-order valence-electron chi connectivity index (χ3n) is 3.53. The van der Waals surface area contributed by atoms with E-state index in [9.17, 15) is 12.8 Å². The zero-order valence-corrected chi connectivity index (χ0v) is 12.8. The van der Waals surface area contributed by atoms with Gasteiger partial charge in [-0.1, -0.05) is 24.3 Å². The quantitative estimate of drug-likeness (QED) is 0.871. The van der Waals surface area contributed by atoms with Crippen LogP contribution in [0, 0.1) is 5.82 Å². The van der Waals surface area contributed by atoms with Gasteiger partial charge in [-0.25, -0.2) is 12.8 Å². The topological polar surface area (TPSA) is 47.0 Å². The molecule has 1 aliphatic carbocycles. The van der Waals surface area contributed by atoms with Crippen molar-refractivity contribution in [3.63, 3.8) is 0 Å². The molecule has 1 aliphatic rings. The molecular formula is C17H14FNO2S. The van der Waals surface area contributed by atoms with E-state index in [-0.39, 0.29) is 5.82 Å². The van der Waals surface area contributed by atoms with Crippen LogP contribution in [0.1, 0.15) is 17.7 Å². The number of allylic oxidation sites excluding steroid dienone is 4.